The summed E-state index contributed by atoms with van der Waals surface area (Å²) in [5.41, 5.74) is 1.06. The lowest BCUT2D eigenvalue weighted by Gasteiger charge is -2.27. The van der Waals surface area contributed by atoms with Crippen molar-refractivity contribution in [2.75, 3.05) is 0 Å². The zero-order chi connectivity index (χ0) is 19.2. The monoisotopic (exact) mass is 376 g/mol. The summed E-state index contributed by atoms with van der Waals surface area (Å²) in [6, 6.07) is 41.7. The van der Waals surface area contributed by atoms with Crippen LogP contribution in [-0.4, -0.2) is 0 Å². The van der Waals surface area contributed by atoms with E-state index in [1.54, 1.807) is 0 Å². The van der Waals surface area contributed by atoms with Crippen molar-refractivity contribution in [2.24, 2.45) is 0 Å². The fourth-order valence-corrected chi connectivity index (χ4v) is 7.55. The third-order valence-electron chi connectivity index (χ3n) is 4.89. The Balaban J connectivity index is 2.06. The first-order chi connectivity index (χ1) is 13.8. The van der Waals surface area contributed by atoms with E-state index in [4.69, 9.17) is 0 Å². The Morgan fingerprint density at radius 2 is 0.821 bits per heavy atom. The van der Waals surface area contributed by atoms with E-state index in [1.165, 1.54) is 15.9 Å². The number of benzene rings is 4. The second-order valence-electron chi connectivity index (χ2n) is 6.62. The first kappa shape index (κ1) is 18.4. The Labute approximate surface area is 168 Å². The van der Waals surface area contributed by atoms with Gasteiger partial charge in [0.05, 0.1) is 12.2 Å². The van der Waals surface area contributed by atoms with E-state index in [-0.39, 0.29) is 0 Å². The maximum Gasteiger partial charge on any atom is 0.140 e. The molecule has 3 radical (unpaired) electrons. The fourth-order valence-electron chi connectivity index (χ4n) is 3.62. The molecule has 0 unspecified atom stereocenters. The molecule has 0 atom stereocenters. The van der Waals surface area contributed by atoms with Gasteiger partial charge in [-0.15, -0.1) is 0 Å². The molecule has 0 aliphatic rings. The van der Waals surface area contributed by atoms with Crippen LogP contribution >= 0.6 is 7.26 Å². The molecule has 133 valence electrons. The minimum Gasteiger partial charge on any atom is -0.0622 e. The first-order valence-electron chi connectivity index (χ1n) is 9.36. The summed E-state index contributed by atoms with van der Waals surface area (Å²) in [5.74, 6) is 0. The predicted octanol–water partition coefficient (Wildman–Crippen LogP) is 5.61. The highest BCUT2D eigenvalue weighted by atomic mass is 31.2. The van der Waals surface area contributed by atoms with Gasteiger partial charge in [-0.2, -0.15) is 0 Å². The molecule has 0 aromatic heterocycles. The van der Waals surface area contributed by atoms with E-state index < -0.39 is 7.26 Å². The summed E-state index contributed by atoms with van der Waals surface area (Å²) in [7, 11) is -2.28. The van der Waals surface area contributed by atoms with Gasteiger partial charge in [-0.05, 0) is 48.0 Å². The zero-order valence-electron chi connectivity index (χ0n) is 15.6. The molecular formula is C27H21P+. The van der Waals surface area contributed by atoms with Gasteiger partial charge in [-0.25, -0.2) is 0 Å². The summed E-state index contributed by atoms with van der Waals surface area (Å²) in [6.07, 6.45) is 2.03. The largest absolute Gasteiger partial charge is 0.140 e. The van der Waals surface area contributed by atoms with Gasteiger partial charge in [-0.1, -0.05) is 84.9 Å². The summed E-state index contributed by atoms with van der Waals surface area (Å²) in [4.78, 5) is 0. The molecule has 4 aromatic carbocycles. The third-order valence-corrected chi connectivity index (χ3v) is 8.96. The molecule has 0 amide bonds. The predicted molar refractivity (Wildman–Crippen MR) is 123 cm³/mol. The van der Waals surface area contributed by atoms with Crippen LogP contribution in [0.15, 0.2) is 127 Å². The second kappa shape index (κ2) is 8.38. The minimum atomic E-state index is -2.28. The van der Waals surface area contributed by atoms with Crippen LogP contribution in [0.4, 0.5) is 0 Å². The van der Waals surface area contributed by atoms with E-state index in [1.807, 2.05) is 42.5 Å². The van der Waals surface area contributed by atoms with Gasteiger partial charge in [0.25, 0.3) is 0 Å². The van der Waals surface area contributed by atoms with Crippen molar-refractivity contribution in [3.63, 3.8) is 0 Å². The molecule has 0 fully saturated rings. The third kappa shape index (κ3) is 3.44. The van der Waals surface area contributed by atoms with Crippen LogP contribution in [0.5, 0.6) is 0 Å². The molecule has 0 saturated carbocycles. The van der Waals surface area contributed by atoms with Crippen LogP contribution in [0.1, 0.15) is 5.56 Å². The lowest BCUT2D eigenvalue weighted by molar-refractivity contribution is 1.65. The second-order valence-corrected chi connectivity index (χ2v) is 9.99. The van der Waals surface area contributed by atoms with E-state index in [0.29, 0.717) is 5.31 Å². The summed E-state index contributed by atoms with van der Waals surface area (Å²) >= 11 is 0. The van der Waals surface area contributed by atoms with Crippen LogP contribution in [0.3, 0.4) is 0 Å². The molecule has 0 bridgehead atoms. The quantitative estimate of drug-likeness (QED) is 0.397. The van der Waals surface area contributed by atoms with Crippen LogP contribution in [0.2, 0.25) is 0 Å². The maximum atomic E-state index is 9.34. The smallest absolute Gasteiger partial charge is 0.0622 e. The van der Waals surface area contributed by atoms with Crippen LogP contribution in [0.25, 0.3) is 6.08 Å². The highest BCUT2D eigenvalue weighted by Crippen LogP contribution is 2.62. The Hall–Kier alpha value is -2.95. The van der Waals surface area contributed by atoms with Crippen LogP contribution < -0.4 is 15.9 Å². The van der Waals surface area contributed by atoms with Gasteiger partial charge in [0.15, 0.2) is 0 Å². The van der Waals surface area contributed by atoms with Crippen molar-refractivity contribution >= 4 is 29.3 Å². The Morgan fingerprint density at radius 1 is 0.500 bits per heavy atom. The molecule has 28 heavy (non-hydrogen) atoms. The number of hydrogen-bond acceptors (Lipinski definition) is 0. The fraction of sp³-hybridized carbons (Fsp3) is 0. The van der Waals surface area contributed by atoms with E-state index in [9.17, 15) is 6.92 Å². The van der Waals surface area contributed by atoms with Gasteiger partial charge in [0, 0.05) is 0 Å². The average Bonchev–Trinajstić information content (AvgIpc) is 2.77. The van der Waals surface area contributed by atoms with Gasteiger partial charge in [0.2, 0.25) is 0 Å². The SMILES string of the molecule is [C]/C(=C\c1ccccc1)[P+](c1ccccc1)(c1ccccc1)c1ccccc1. The van der Waals surface area contributed by atoms with Gasteiger partial charge >= 0.3 is 0 Å². The Kier molecular flexibility index (Phi) is 5.51. The summed E-state index contributed by atoms with van der Waals surface area (Å²) in [6.45, 7) is 9.34. The van der Waals surface area contributed by atoms with E-state index in [2.05, 4.69) is 84.9 Å². The van der Waals surface area contributed by atoms with Crippen molar-refractivity contribution in [2.45, 2.75) is 0 Å². The highest BCUT2D eigenvalue weighted by Gasteiger charge is 2.47. The standard InChI is InChI=1S/C27H21P/c1-23(22-24-14-6-2-7-15-24)28(25-16-8-3-9-17-25,26-18-10-4-11-19-26)27-20-12-5-13-21-27/h2-22H/q+1/b23-22+. The molecule has 0 N–H and O–H groups in total. The Bertz CT molecular complexity index is 940. The van der Waals surface area contributed by atoms with Crippen molar-refractivity contribution in [1.82, 2.24) is 0 Å². The molecule has 4 rings (SSSR count). The zero-order valence-corrected chi connectivity index (χ0v) is 16.5. The molecule has 4 aromatic rings. The molecule has 0 saturated heterocycles. The topological polar surface area (TPSA) is 0 Å². The molecule has 0 nitrogen and oxygen atoms in total. The average molecular weight is 376 g/mol. The van der Waals surface area contributed by atoms with Gasteiger partial charge in [0.1, 0.15) is 23.2 Å². The Morgan fingerprint density at radius 3 is 1.18 bits per heavy atom. The van der Waals surface area contributed by atoms with E-state index >= 15 is 0 Å². The van der Waals surface area contributed by atoms with Crippen LogP contribution in [0, 0.1) is 6.92 Å². The number of hydrogen-bond donors (Lipinski definition) is 0. The lowest BCUT2D eigenvalue weighted by Crippen LogP contribution is -2.31. The lowest BCUT2D eigenvalue weighted by atomic mass is 10.2. The molecule has 0 heterocycles. The maximum absolute atomic E-state index is 9.34. The molecule has 0 aliphatic carbocycles. The van der Waals surface area contributed by atoms with Crippen molar-refractivity contribution in [1.29, 1.82) is 0 Å². The van der Waals surface area contributed by atoms with Crippen molar-refractivity contribution in [3.8, 4) is 0 Å². The van der Waals surface area contributed by atoms with Gasteiger partial charge in [-0.3, -0.25) is 0 Å². The molecular weight excluding hydrogens is 355 g/mol. The molecule has 1 heteroatoms. The van der Waals surface area contributed by atoms with Crippen LogP contribution in [-0.2, 0) is 0 Å². The van der Waals surface area contributed by atoms with Crippen molar-refractivity contribution in [3.05, 3.63) is 139 Å². The van der Waals surface area contributed by atoms with Crippen molar-refractivity contribution < 1.29 is 0 Å². The van der Waals surface area contributed by atoms with Gasteiger partial charge < -0.3 is 0 Å². The summed E-state index contributed by atoms with van der Waals surface area (Å²) in [5, 5.41) is 4.25. The minimum absolute atomic E-state index is 0.655. The van der Waals surface area contributed by atoms with E-state index in [0.717, 1.165) is 5.56 Å². The first-order valence-corrected chi connectivity index (χ1v) is 11.2. The highest BCUT2D eigenvalue weighted by molar-refractivity contribution is 7.99. The normalized spacial score (nSPS) is 12.0. The molecule has 0 spiro atoms. The number of allylic oxidation sites excluding steroid dienone is 1. The number of rotatable bonds is 5. The molecule has 0 aliphatic heterocycles. The summed E-state index contributed by atoms with van der Waals surface area (Å²) < 4.78 is 0.